The summed E-state index contributed by atoms with van der Waals surface area (Å²) in [6.07, 6.45) is 0.672. The number of nitrogens with zero attached hydrogens (tertiary/aromatic N) is 3. The molecular formula is C19H22F3N3O. The molecule has 140 valence electrons. The van der Waals surface area contributed by atoms with E-state index < -0.39 is 11.7 Å². The number of benzene rings is 1. The lowest BCUT2D eigenvalue weighted by Crippen LogP contribution is -2.20. The first-order chi connectivity index (χ1) is 12.4. The van der Waals surface area contributed by atoms with E-state index >= 15 is 0 Å². The van der Waals surface area contributed by atoms with Crippen molar-refractivity contribution in [1.29, 1.82) is 0 Å². The molecule has 0 spiro atoms. The molecule has 0 atom stereocenters. The van der Waals surface area contributed by atoms with Gasteiger partial charge in [0.25, 0.3) is 0 Å². The SMILES string of the molecule is CCOc1ncc(C(F)(F)F)c(N(C)c2ccccc2C2CCCC2)n1. The molecule has 1 fully saturated rings. The molecular weight excluding hydrogens is 343 g/mol. The third-order valence-electron chi connectivity index (χ3n) is 4.74. The Kier molecular flexibility index (Phi) is 5.34. The molecule has 2 aromatic rings. The molecule has 0 bridgehead atoms. The van der Waals surface area contributed by atoms with E-state index in [-0.39, 0.29) is 18.4 Å². The molecule has 0 N–H and O–H groups in total. The maximum atomic E-state index is 13.5. The van der Waals surface area contributed by atoms with Gasteiger partial charge in [-0.3, -0.25) is 0 Å². The Bertz CT molecular complexity index is 758. The van der Waals surface area contributed by atoms with E-state index in [1.165, 1.54) is 4.90 Å². The van der Waals surface area contributed by atoms with Crippen molar-refractivity contribution in [2.75, 3.05) is 18.6 Å². The fraction of sp³-hybridized carbons (Fsp3) is 0.474. The zero-order valence-electron chi connectivity index (χ0n) is 14.9. The second-order valence-electron chi connectivity index (χ2n) is 6.42. The Morgan fingerprint density at radius 1 is 1.19 bits per heavy atom. The lowest BCUT2D eigenvalue weighted by Gasteiger charge is -2.26. The van der Waals surface area contributed by atoms with E-state index in [9.17, 15) is 13.2 Å². The number of anilines is 2. The van der Waals surface area contributed by atoms with Gasteiger partial charge in [0, 0.05) is 18.9 Å². The zero-order valence-corrected chi connectivity index (χ0v) is 14.9. The average Bonchev–Trinajstić information content (AvgIpc) is 3.15. The van der Waals surface area contributed by atoms with Crippen molar-refractivity contribution in [3.63, 3.8) is 0 Å². The van der Waals surface area contributed by atoms with Gasteiger partial charge in [-0.05, 0) is 37.3 Å². The van der Waals surface area contributed by atoms with Crippen LogP contribution < -0.4 is 9.64 Å². The number of alkyl halides is 3. The number of hydrogen-bond donors (Lipinski definition) is 0. The minimum atomic E-state index is -4.54. The summed E-state index contributed by atoms with van der Waals surface area (Å²) in [5.41, 5.74) is 0.938. The van der Waals surface area contributed by atoms with Crippen molar-refractivity contribution in [2.24, 2.45) is 0 Å². The molecule has 0 amide bonds. The molecule has 1 saturated carbocycles. The summed E-state index contributed by atoms with van der Waals surface area (Å²) >= 11 is 0. The van der Waals surface area contributed by atoms with Crippen LogP contribution in [0.25, 0.3) is 0 Å². The second kappa shape index (κ2) is 7.51. The van der Waals surface area contributed by atoms with Crippen LogP contribution in [0.1, 0.15) is 49.7 Å². The number of halogens is 3. The lowest BCUT2D eigenvalue weighted by atomic mass is 9.95. The van der Waals surface area contributed by atoms with Gasteiger partial charge in [-0.25, -0.2) is 4.98 Å². The Labute approximate surface area is 151 Å². The smallest absolute Gasteiger partial charge is 0.421 e. The molecule has 1 heterocycles. The summed E-state index contributed by atoms with van der Waals surface area (Å²) in [7, 11) is 1.61. The van der Waals surface area contributed by atoms with Crippen LogP contribution >= 0.6 is 0 Å². The van der Waals surface area contributed by atoms with E-state index in [2.05, 4.69) is 9.97 Å². The predicted molar refractivity (Wildman–Crippen MR) is 93.9 cm³/mol. The van der Waals surface area contributed by atoms with Crippen LogP contribution in [-0.4, -0.2) is 23.6 Å². The van der Waals surface area contributed by atoms with Crippen LogP contribution in [0.15, 0.2) is 30.5 Å². The summed E-state index contributed by atoms with van der Waals surface area (Å²) in [5.74, 6) is 0.178. The van der Waals surface area contributed by atoms with Gasteiger partial charge in [-0.15, -0.1) is 0 Å². The molecule has 0 saturated heterocycles. The molecule has 1 aromatic heterocycles. The van der Waals surface area contributed by atoms with Gasteiger partial charge in [0.1, 0.15) is 5.56 Å². The van der Waals surface area contributed by atoms with Crippen LogP contribution in [0.5, 0.6) is 6.01 Å². The monoisotopic (exact) mass is 365 g/mol. The highest BCUT2D eigenvalue weighted by Gasteiger charge is 2.37. The lowest BCUT2D eigenvalue weighted by molar-refractivity contribution is -0.137. The second-order valence-corrected chi connectivity index (χ2v) is 6.42. The Hall–Kier alpha value is -2.31. The fourth-order valence-corrected chi connectivity index (χ4v) is 3.50. The molecule has 0 aliphatic heterocycles. The van der Waals surface area contributed by atoms with Crippen molar-refractivity contribution in [1.82, 2.24) is 9.97 Å². The fourth-order valence-electron chi connectivity index (χ4n) is 3.50. The van der Waals surface area contributed by atoms with E-state index in [0.717, 1.165) is 43.1 Å². The number of aromatic nitrogens is 2. The van der Waals surface area contributed by atoms with Crippen LogP contribution in [0.3, 0.4) is 0 Å². The summed E-state index contributed by atoms with van der Waals surface area (Å²) < 4.78 is 45.7. The van der Waals surface area contributed by atoms with Crippen LogP contribution in [-0.2, 0) is 6.18 Å². The Balaban J connectivity index is 2.07. The summed E-state index contributed by atoms with van der Waals surface area (Å²) in [5, 5.41) is 0. The summed E-state index contributed by atoms with van der Waals surface area (Å²) in [6.45, 7) is 2.02. The van der Waals surface area contributed by atoms with Crippen LogP contribution in [0, 0.1) is 0 Å². The minimum Gasteiger partial charge on any atom is -0.464 e. The third-order valence-corrected chi connectivity index (χ3v) is 4.74. The highest BCUT2D eigenvalue weighted by atomic mass is 19.4. The summed E-state index contributed by atoms with van der Waals surface area (Å²) in [6, 6.07) is 7.56. The van der Waals surface area contributed by atoms with Crippen LogP contribution in [0.2, 0.25) is 0 Å². The van der Waals surface area contributed by atoms with E-state index in [0.29, 0.717) is 5.92 Å². The molecule has 0 radical (unpaired) electrons. The number of hydrogen-bond acceptors (Lipinski definition) is 4. The van der Waals surface area contributed by atoms with Crippen LogP contribution in [0.4, 0.5) is 24.7 Å². The van der Waals surface area contributed by atoms with Gasteiger partial charge in [0.05, 0.1) is 6.61 Å². The van der Waals surface area contributed by atoms with Gasteiger partial charge >= 0.3 is 12.2 Å². The first-order valence-corrected chi connectivity index (χ1v) is 8.81. The predicted octanol–water partition coefficient (Wildman–Crippen LogP) is 5.32. The normalized spacial score (nSPS) is 15.3. The molecule has 1 aliphatic rings. The topological polar surface area (TPSA) is 38.2 Å². The highest BCUT2D eigenvalue weighted by Crippen LogP contribution is 2.42. The molecule has 1 aromatic carbocycles. The third kappa shape index (κ3) is 3.76. The van der Waals surface area contributed by atoms with Crippen molar-refractivity contribution < 1.29 is 17.9 Å². The quantitative estimate of drug-likeness (QED) is 0.719. The summed E-state index contributed by atoms with van der Waals surface area (Å²) in [4.78, 5) is 9.24. The standard InChI is InChI=1S/C19H22F3N3O/c1-3-26-18-23-12-15(19(20,21)22)17(24-18)25(2)16-11-7-6-10-14(16)13-8-4-5-9-13/h6-7,10-13H,3-5,8-9H2,1-2H3. The largest absolute Gasteiger partial charge is 0.464 e. The maximum absolute atomic E-state index is 13.5. The van der Waals surface area contributed by atoms with E-state index in [1.807, 2.05) is 24.3 Å². The Morgan fingerprint density at radius 3 is 2.54 bits per heavy atom. The van der Waals surface area contributed by atoms with Crippen molar-refractivity contribution >= 4 is 11.5 Å². The van der Waals surface area contributed by atoms with Crippen molar-refractivity contribution in [3.05, 3.63) is 41.6 Å². The molecule has 0 unspecified atom stereocenters. The van der Waals surface area contributed by atoms with Crippen molar-refractivity contribution in [3.8, 4) is 6.01 Å². The van der Waals surface area contributed by atoms with Crippen molar-refractivity contribution in [2.45, 2.75) is 44.7 Å². The van der Waals surface area contributed by atoms with E-state index in [1.54, 1.807) is 14.0 Å². The van der Waals surface area contributed by atoms with E-state index in [4.69, 9.17) is 4.74 Å². The number of para-hydroxylation sites is 1. The maximum Gasteiger partial charge on any atom is 0.421 e. The average molecular weight is 365 g/mol. The van der Waals surface area contributed by atoms with Gasteiger partial charge < -0.3 is 9.64 Å². The highest BCUT2D eigenvalue weighted by molar-refractivity contribution is 5.66. The number of rotatable bonds is 5. The van der Waals surface area contributed by atoms with Gasteiger partial charge in [-0.2, -0.15) is 18.2 Å². The molecule has 26 heavy (non-hydrogen) atoms. The first-order valence-electron chi connectivity index (χ1n) is 8.81. The number of ether oxygens (including phenoxy) is 1. The van der Waals surface area contributed by atoms with Gasteiger partial charge in [-0.1, -0.05) is 31.0 Å². The molecule has 4 nitrogen and oxygen atoms in total. The Morgan fingerprint density at radius 2 is 1.88 bits per heavy atom. The zero-order chi connectivity index (χ0) is 18.7. The minimum absolute atomic E-state index is 0.0549. The van der Waals surface area contributed by atoms with Gasteiger partial charge in [0.15, 0.2) is 5.82 Å². The van der Waals surface area contributed by atoms with Gasteiger partial charge in [0.2, 0.25) is 0 Å². The first kappa shape index (κ1) is 18.5. The molecule has 1 aliphatic carbocycles. The molecule has 3 rings (SSSR count). The molecule has 7 heteroatoms.